The molecule has 0 aliphatic rings. The van der Waals surface area contributed by atoms with E-state index in [-0.39, 0.29) is 5.92 Å². The first-order valence-corrected chi connectivity index (χ1v) is 11.8. The van der Waals surface area contributed by atoms with Crippen LogP contribution < -0.4 is 4.74 Å². The third kappa shape index (κ3) is 5.01. The second-order valence-electron chi connectivity index (χ2n) is 8.57. The Bertz CT molecular complexity index is 1390. The van der Waals surface area contributed by atoms with Gasteiger partial charge in [-0.15, -0.1) is 0 Å². The molecule has 0 amide bonds. The monoisotopic (exact) mass is 464 g/mol. The van der Waals surface area contributed by atoms with Crippen molar-refractivity contribution in [2.45, 2.75) is 33.1 Å². The van der Waals surface area contributed by atoms with Crippen LogP contribution in [0.4, 0.5) is 0 Å². The topological polar surface area (TPSA) is 66.0 Å². The molecule has 176 valence electrons. The fraction of sp³-hybridized carbons (Fsp3) is 0.207. The Morgan fingerprint density at radius 1 is 0.857 bits per heavy atom. The molecule has 0 bridgehead atoms. The Balaban J connectivity index is 1.21. The number of para-hydroxylation sites is 1. The van der Waals surface area contributed by atoms with Crippen LogP contribution in [0, 0.1) is 13.8 Å². The second-order valence-corrected chi connectivity index (χ2v) is 8.57. The van der Waals surface area contributed by atoms with Gasteiger partial charge in [-0.3, -0.25) is 0 Å². The van der Waals surface area contributed by atoms with Crippen LogP contribution in [0.5, 0.6) is 5.75 Å². The molecular weight excluding hydrogens is 436 g/mol. The lowest BCUT2D eigenvalue weighted by Gasteiger charge is -2.11. The molecule has 0 radical (unpaired) electrons. The maximum atomic E-state index is 5.99. The van der Waals surface area contributed by atoms with Gasteiger partial charge in [-0.1, -0.05) is 55.5 Å². The lowest BCUT2D eigenvalue weighted by molar-refractivity contribution is 0.320. The fourth-order valence-electron chi connectivity index (χ4n) is 4.11. The smallest absolute Gasteiger partial charge is 0.226 e. The van der Waals surface area contributed by atoms with E-state index in [0.29, 0.717) is 18.9 Å². The maximum Gasteiger partial charge on any atom is 0.226 e. The largest absolute Gasteiger partial charge is 0.493 e. The molecule has 2 heterocycles. The lowest BCUT2D eigenvalue weighted by Crippen LogP contribution is -2.04. The molecule has 0 spiro atoms. The maximum absolute atomic E-state index is 5.99. The van der Waals surface area contributed by atoms with Gasteiger partial charge in [-0.05, 0) is 55.8 Å². The molecule has 0 aliphatic heterocycles. The summed E-state index contributed by atoms with van der Waals surface area (Å²) in [6, 6.07) is 28.1. The third-order valence-electron chi connectivity index (χ3n) is 6.12. The van der Waals surface area contributed by atoms with Crippen molar-refractivity contribution in [3.05, 3.63) is 113 Å². The normalized spacial score (nSPS) is 12.0. The van der Waals surface area contributed by atoms with Gasteiger partial charge in [0.1, 0.15) is 11.5 Å². The van der Waals surface area contributed by atoms with Crippen molar-refractivity contribution in [1.82, 2.24) is 20.0 Å². The molecular formula is C29H28N4O2. The van der Waals surface area contributed by atoms with Gasteiger partial charge < -0.3 is 9.15 Å². The van der Waals surface area contributed by atoms with Gasteiger partial charge in [-0.2, -0.15) is 15.0 Å². The molecule has 0 saturated carbocycles. The van der Waals surface area contributed by atoms with E-state index in [0.717, 1.165) is 39.8 Å². The molecule has 2 aromatic heterocycles. The summed E-state index contributed by atoms with van der Waals surface area (Å²) in [6.45, 7) is 6.63. The molecule has 1 atom stereocenters. The van der Waals surface area contributed by atoms with Crippen molar-refractivity contribution in [2.24, 2.45) is 0 Å². The highest BCUT2D eigenvalue weighted by Crippen LogP contribution is 2.27. The fourth-order valence-corrected chi connectivity index (χ4v) is 4.11. The van der Waals surface area contributed by atoms with E-state index >= 15 is 0 Å². The first-order chi connectivity index (χ1) is 17.1. The van der Waals surface area contributed by atoms with Crippen molar-refractivity contribution in [3.63, 3.8) is 0 Å². The van der Waals surface area contributed by atoms with Gasteiger partial charge in [-0.25, -0.2) is 4.98 Å². The number of benzene rings is 3. The molecule has 5 rings (SSSR count). The van der Waals surface area contributed by atoms with Gasteiger partial charge in [0.05, 0.1) is 29.4 Å². The van der Waals surface area contributed by atoms with Crippen LogP contribution in [-0.2, 0) is 6.42 Å². The van der Waals surface area contributed by atoms with Crippen LogP contribution in [0.3, 0.4) is 0 Å². The van der Waals surface area contributed by atoms with E-state index in [4.69, 9.17) is 14.3 Å². The van der Waals surface area contributed by atoms with E-state index in [1.807, 2.05) is 86.6 Å². The zero-order chi connectivity index (χ0) is 24.2. The van der Waals surface area contributed by atoms with E-state index < -0.39 is 0 Å². The minimum atomic E-state index is 0.121. The van der Waals surface area contributed by atoms with Gasteiger partial charge in [0.15, 0.2) is 0 Å². The molecule has 1 unspecified atom stereocenters. The summed E-state index contributed by atoms with van der Waals surface area (Å²) in [6.07, 6.45) is 0.683. The summed E-state index contributed by atoms with van der Waals surface area (Å²) in [7, 11) is 0. The van der Waals surface area contributed by atoms with E-state index in [1.54, 1.807) is 4.80 Å². The van der Waals surface area contributed by atoms with Crippen LogP contribution >= 0.6 is 0 Å². The predicted molar refractivity (Wildman–Crippen MR) is 136 cm³/mol. The van der Waals surface area contributed by atoms with E-state index in [1.165, 1.54) is 5.56 Å². The summed E-state index contributed by atoms with van der Waals surface area (Å²) >= 11 is 0. The summed E-state index contributed by atoms with van der Waals surface area (Å²) in [5, 5.41) is 9.36. The quantitative estimate of drug-likeness (QED) is 0.269. The van der Waals surface area contributed by atoms with Gasteiger partial charge in [0.25, 0.3) is 0 Å². The van der Waals surface area contributed by atoms with Crippen molar-refractivity contribution < 1.29 is 9.15 Å². The molecule has 35 heavy (non-hydrogen) atoms. The number of hydrogen-bond acceptors (Lipinski definition) is 5. The van der Waals surface area contributed by atoms with Crippen LogP contribution in [-0.4, -0.2) is 26.6 Å². The van der Waals surface area contributed by atoms with Gasteiger partial charge in [0.2, 0.25) is 5.89 Å². The van der Waals surface area contributed by atoms with Crippen molar-refractivity contribution in [2.75, 3.05) is 6.61 Å². The zero-order valence-corrected chi connectivity index (χ0v) is 20.2. The molecule has 6 nitrogen and oxygen atoms in total. The number of rotatable bonds is 8. The molecule has 0 aliphatic carbocycles. The van der Waals surface area contributed by atoms with Crippen molar-refractivity contribution in [3.8, 4) is 22.9 Å². The van der Waals surface area contributed by atoms with Crippen LogP contribution in [0.1, 0.15) is 41.2 Å². The highest BCUT2D eigenvalue weighted by Gasteiger charge is 2.17. The molecule has 3 aromatic carbocycles. The van der Waals surface area contributed by atoms with Crippen LogP contribution in [0.25, 0.3) is 17.1 Å². The van der Waals surface area contributed by atoms with Crippen molar-refractivity contribution >= 4 is 0 Å². The minimum absolute atomic E-state index is 0.121. The number of nitrogens with zero attached hydrogens (tertiary/aromatic N) is 4. The Hall–Kier alpha value is -4.19. The SMILES string of the molecule is Cc1nn(-c2ccccc2)nc1C(C)c1ccc(OCCc2nc(-c3ccccc3)oc2C)cc1. The molecule has 0 fully saturated rings. The van der Waals surface area contributed by atoms with Crippen molar-refractivity contribution in [1.29, 1.82) is 0 Å². The lowest BCUT2D eigenvalue weighted by atomic mass is 9.97. The predicted octanol–water partition coefficient (Wildman–Crippen LogP) is 6.31. The first-order valence-electron chi connectivity index (χ1n) is 11.8. The molecule has 0 saturated heterocycles. The van der Waals surface area contributed by atoms with Gasteiger partial charge in [0, 0.05) is 17.9 Å². The number of aromatic nitrogens is 4. The number of hydrogen-bond donors (Lipinski definition) is 0. The summed E-state index contributed by atoms with van der Waals surface area (Å²) in [5.74, 6) is 2.43. The number of ether oxygens (including phenoxy) is 1. The van der Waals surface area contributed by atoms with Crippen LogP contribution in [0.15, 0.2) is 89.3 Å². The highest BCUT2D eigenvalue weighted by atomic mass is 16.5. The average molecular weight is 465 g/mol. The first kappa shape index (κ1) is 22.6. The Labute approximate surface area is 205 Å². The summed E-state index contributed by atoms with van der Waals surface area (Å²) in [5.41, 5.74) is 5.92. The minimum Gasteiger partial charge on any atom is -0.493 e. The number of oxazole rings is 1. The third-order valence-corrected chi connectivity index (χ3v) is 6.12. The average Bonchev–Trinajstić information content (AvgIpc) is 3.47. The van der Waals surface area contributed by atoms with E-state index in [2.05, 4.69) is 29.1 Å². The van der Waals surface area contributed by atoms with E-state index in [9.17, 15) is 0 Å². The summed E-state index contributed by atoms with van der Waals surface area (Å²) < 4.78 is 11.8. The molecule has 6 heteroatoms. The standard InChI is InChI=1S/C29H28N4O2/c1-20(28-21(2)31-33(32-28)25-12-8-5-9-13-25)23-14-16-26(17-15-23)34-19-18-27-22(3)35-29(30-27)24-10-6-4-7-11-24/h4-17,20H,18-19H2,1-3H3. The van der Waals surface area contributed by atoms with Crippen LogP contribution in [0.2, 0.25) is 0 Å². The zero-order valence-electron chi connectivity index (χ0n) is 20.2. The van der Waals surface area contributed by atoms with Gasteiger partial charge >= 0.3 is 0 Å². The Kier molecular flexibility index (Phi) is 6.44. The molecule has 0 N–H and O–H groups in total. The Morgan fingerprint density at radius 3 is 2.26 bits per heavy atom. The second kappa shape index (κ2) is 9.97. The number of aryl methyl sites for hydroxylation is 2. The highest BCUT2D eigenvalue weighted by molar-refractivity contribution is 5.53. The Morgan fingerprint density at radius 2 is 1.54 bits per heavy atom. The summed E-state index contributed by atoms with van der Waals surface area (Å²) in [4.78, 5) is 6.35. The molecule has 5 aromatic rings.